The molecule has 0 radical (unpaired) electrons. The Kier molecular flexibility index (Phi) is 4.90. The second-order valence-electron chi connectivity index (χ2n) is 4.94. The molecule has 0 amide bonds. The molecule has 0 bridgehead atoms. The van der Waals surface area contributed by atoms with Gasteiger partial charge in [-0.3, -0.25) is 0 Å². The van der Waals surface area contributed by atoms with E-state index in [9.17, 15) is 0 Å². The first kappa shape index (κ1) is 14.3. The Morgan fingerprint density at radius 1 is 1.15 bits per heavy atom. The molecule has 1 aromatic heterocycles. The molecule has 0 atom stereocenters. The van der Waals surface area contributed by atoms with Crippen molar-refractivity contribution in [1.82, 2.24) is 14.9 Å². The second kappa shape index (κ2) is 6.86. The predicted molar refractivity (Wildman–Crippen MR) is 83.5 cm³/mol. The van der Waals surface area contributed by atoms with Crippen LogP contribution in [-0.2, 0) is 0 Å². The maximum Gasteiger partial charge on any atom is 0.229 e. The minimum atomic E-state index is 0.606. The molecule has 0 unspecified atom stereocenters. The highest BCUT2D eigenvalue weighted by molar-refractivity contribution is 5.58. The Labute approximate surface area is 120 Å². The summed E-state index contributed by atoms with van der Waals surface area (Å²) in [6.45, 7) is 3.87. The smallest absolute Gasteiger partial charge is 0.229 e. The quantitative estimate of drug-likeness (QED) is 0.845. The van der Waals surface area contributed by atoms with Gasteiger partial charge in [-0.05, 0) is 38.7 Å². The fraction of sp³-hybridized carbons (Fsp3) is 0.333. The van der Waals surface area contributed by atoms with Crippen molar-refractivity contribution >= 4 is 17.5 Å². The van der Waals surface area contributed by atoms with E-state index in [-0.39, 0.29) is 0 Å². The lowest BCUT2D eigenvalue weighted by Gasteiger charge is -2.12. The number of benzene rings is 1. The zero-order valence-electron chi connectivity index (χ0n) is 12.2. The van der Waals surface area contributed by atoms with Crippen LogP contribution in [0.1, 0.15) is 5.56 Å². The highest BCUT2D eigenvalue weighted by Gasteiger charge is 2.02. The molecule has 0 aliphatic rings. The van der Waals surface area contributed by atoms with E-state index in [1.807, 2.05) is 38.4 Å². The van der Waals surface area contributed by atoms with E-state index in [0.29, 0.717) is 5.95 Å². The number of hydrogen-bond acceptors (Lipinski definition) is 5. The van der Waals surface area contributed by atoms with Crippen molar-refractivity contribution in [1.29, 1.82) is 0 Å². The van der Waals surface area contributed by atoms with Crippen LogP contribution in [0.25, 0.3) is 0 Å². The minimum absolute atomic E-state index is 0.606. The molecule has 106 valence electrons. The predicted octanol–water partition coefficient (Wildman–Crippen LogP) is 2.50. The van der Waals surface area contributed by atoms with E-state index in [1.54, 1.807) is 6.20 Å². The average Bonchev–Trinajstić information content (AvgIpc) is 2.41. The number of hydrogen-bond donors (Lipinski definition) is 2. The van der Waals surface area contributed by atoms with E-state index < -0.39 is 0 Å². The van der Waals surface area contributed by atoms with Gasteiger partial charge < -0.3 is 15.5 Å². The first-order valence-electron chi connectivity index (χ1n) is 6.69. The van der Waals surface area contributed by atoms with Crippen LogP contribution >= 0.6 is 0 Å². The van der Waals surface area contributed by atoms with Gasteiger partial charge in [-0.2, -0.15) is 4.98 Å². The molecule has 0 saturated carbocycles. The molecule has 2 N–H and O–H groups in total. The number of likely N-dealkylation sites (N-methyl/N-ethyl adjacent to an activating group) is 1. The van der Waals surface area contributed by atoms with Crippen LogP contribution in [0.5, 0.6) is 0 Å². The van der Waals surface area contributed by atoms with Crippen LogP contribution in [0.15, 0.2) is 36.5 Å². The Bertz CT molecular complexity index is 553. The number of nitrogens with one attached hydrogen (secondary N) is 2. The molecule has 0 aliphatic carbocycles. The van der Waals surface area contributed by atoms with Gasteiger partial charge in [0.1, 0.15) is 5.82 Å². The van der Waals surface area contributed by atoms with Gasteiger partial charge in [0.05, 0.1) is 0 Å². The molecule has 0 spiro atoms. The van der Waals surface area contributed by atoms with Crippen LogP contribution in [0, 0.1) is 6.92 Å². The first-order valence-corrected chi connectivity index (χ1v) is 6.69. The molecule has 0 fully saturated rings. The molecular weight excluding hydrogens is 250 g/mol. The summed E-state index contributed by atoms with van der Waals surface area (Å²) < 4.78 is 0. The summed E-state index contributed by atoms with van der Waals surface area (Å²) in [4.78, 5) is 10.8. The van der Waals surface area contributed by atoms with Gasteiger partial charge in [0.15, 0.2) is 0 Å². The van der Waals surface area contributed by atoms with Gasteiger partial charge in [0.2, 0.25) is 5.95 Å². The van der Waals surface area contributed by atoms with Crippen molar-refractivity contribution in [3.8, 4) is 0 Å². The van der Waals surface area contributed by atoms with Crippen molar-refractivity contribution in [2.75, 3.05) is 37.8 Å². The Morgan fingerprint density at radius 2 is 1.95 bits per heavy atom. The zero-order valence-corrected chi connectivity index (χ0v) is 12.2. The summed E-state index contributed by atoms with van der Waals surface area (Å²) in [5.74, 6) is 1.44. The summed E-state index contributed by atoms with van der Waals surface area (Å²) in [7, 11) is 4.10. The molecular formula is C15H21N5. The number of aromatic nitrogens is 2. The standard InChI is InChI=1S/C15H21N5/c1-12-6-4-5-7-13(12)18-15-17-9-8-14(19-15)16-10-11-20(2)3/h4-9H,10-11H2,1-3H3,(H2,16,17,18,19). The lowest BCUT2D eigenvalue weighted by molar-refractivity contribution is 0.425. The van der Waals surface area contributed by atoms with Gasteiger partial charge in [0, 0.05) is 25.0 Å². The molecule has 2 aromatic rings. The zero-order chi connectivity index (χ0) is 14.4. The van der Waals surface area contributed by atoms with Crippen molar-refractivity contribution in [3.05, 3.63) is 42.1 Å². The number of nitrogens with zero attached hydrogens (tertiary/aromatic N) is 3. The highest BCUT2D eigenvalue weighted by Crippen LogP contribution is 2.17. The van der Waals surface area contributed by atoms with Gasteiger partial charge in [-0.1, -0.05) is 18.2 Å². The fourth-order valence-electron chi connectivity index (χ4n) is 1.76. The van der Waals surface area contributed by atoms with E-state index in [0.717, 1.165) is 24.6 Å². The number of rotatable bonds is 6. The van der Waals surface area contributed by atoms with Gasteiger partial charge in [0.25, 0.3) is 0 Å². The van der Waals surface area contributed by atoms with Crippen LogP contribution in [-0.4, -0.2) is 42.1 Å². The van der Waals surface area contributed by atoms with Crippen LogP contribution in [0.2, 0.25) is 0 Å². The highest BCUT2D eigenvalue weighted by atomic mass is 15.2. The second-order valence-corrected chi connectivity index (χ2v) is 4.94. The first-order chi connectivity index (χ1) is 9.65. The van der Waals surface area contributed by atoms with Crippen LogP contribution in [0.3, 0.4) is 0 Å². The number of para-hydroxylation sites is 1. The maximum absolute atomic E-state index is 4.45. The van der Waals surface area contributed by atoms with Gasteiger partial charge >= 0.3 is 0 Å². The Balaban J connectivity index is 2.01. The van der Waals surface area contributed by atoms with E-state index in [4.69, 9.17) is 0 Å². The average molecular weight is 271 g/mol. The molecule has 5 nitrogen and oxygen atoms in total. The van der Waals surface area contributed by atoms with Crippen molar-refractivity contribution in [2.45, 2.75) is 6.92 Å². The normalized spacial score (nSPS) is 10.6. The molecule has 0 aliphatic heterocycles. The topological polar surface area (TPSA) is 53.1 Å². The molecule has 1 heterocycles. The lowest BCUT2D eigenvalue weighted by atomic mass is 10.2. The van der Waals surface area contributed by atoms with Gasteiger partial charge in [-0.15, -0.1) is 0 Å². The summed E-state index contributed by atoms with van der Waals surface area (Å²) >= 11 is 0. The summed E-state index contributed by atoms with van der Waals surface area (Å²) in [6.07, 6.45) is 1.76. The molecule has 1 aromatic carbocycles. The van der Waals surface area contributed by atoms with Crippen LogP contribution in [0.4, 0.5) is 17.5 Å². The molecule has 2 rings (SSSR count). The van der Waals surface area contributed by atoms with Crippen molar-refractivity contribution in [2.24, 2.45) is 0 Å². The number of aryl methyl sites for hydroxylation is 1. The fourth-order valence-corrected chi connectivity index (χ4v) is 1.76. The number of anilines is 3. The summed E-state index contributed by atoms with van der Waals surface area (Å²) in [5.41, 5.74) is 2.19. The minimum Gasteiger partial charge on any atom is -0.369 e. The SMILES string of the molecule is Cc1ccccc1Nc1nccc(NCCN(C)C)n1. The van der Waals surface area contributed by atoms with Crippen molar-refractivity contribution < 1.29 is 0 Å². The Morgan fingerprint density at radius 3 is 2.70 bits per heavy atom. The van der Waals surface area contributed by atoms with Crippen LogP contribution < -0.4 is 10.6 Å². The molecule has 5 heteroatoms. The molecule has 20 heavy (non-hydrogen) atoms. The maximum atomic E-state index is 4.45. The van der Waals surface area contributed by atoms with E-state index >= 15 is 0 Å². The summed E-state index contributed by atoms with van der Waals surface area (Å²) in [6, 6.07) is 9.96. The lowest BCUT2D eigenvalue weighted by Crippen LogP contribution is -2.21. The van der Waals surface area contributed by atoms with E-state index in [1.165, 1.54) is 5.56 Å². The largest absolute Gasteiger partial charge is 0.369 e. The monoisotopic (exact) mass is 271 g/mol. The summed E-state index contributed by atoms with van der Waals surface area (Å²) in [5, 5.41) is 6.52. The van der Waals surface area contributed by atoms with Gasteiger partial charge in [-0.25, -0.2) is 4.98 Å². The third-order valence-electron chi connectivity index (χ3n) is 2.91. The van der Waals surface area contributed by atoms with Crippen molar-refractivity contribution in [3.63, 3.8) is 0 Å². The Hall–Kier alpha value is -2.14. The van der Waals surface area contributed by atoms with E-state index in [2.05, 4.69) is 38.5 Å². The third-order valence-corrected chi connectivity index (χ3v) is 2.91. The third kappa shape index (κ3) is 4.20. The molecule has 0 saturated heterocycles.